The largest absolute Gasteiger partial charge is 0.345 e. The Bertz CT molecular complexity index is 624. The fourth-order valence-corrected chi connectivity index (χ4v) is 2.02. The minimum Gasteiger partial charge on any atom is -0.345 e. The Morgan fingerprint density at radius 1 is 1.00 bits per heavy atom. The number of H-pyrrole nitrogens is 1. The lowest BCUT2D eigenvalue weighted by Crippen LogP contribution is -1.82. The number of rotatable bonds is 1. The smallest absolute Gasteiger partial charge is 0.0931 e. The summed E-state index contributed by atoms with van der Waals surface area (Å²) >= 11 is 0. The third-order valence-electron chi connectivity index (χ3n) is 2.82. The van der Waals surface area contributed by atoms with Crippen molar-refractivity contribution in [1.29, 1.82) is 0 Å². The maximum absolute atomic E-state index is 4.30. The van der Waals surface area contributed by atoms with Gasteiger partial charge in [0.25, 0.3) is 0 Å². The molecule has 78 valence electrons. The van der Waals surface area contributed by atoms with Gasteiger partial charge in [0.05, 0.1) is 17.4 Å². The van der Waals surface area contributed by atoms with Crippen LogP contribution in [0.25, 0.3) is 22.2 Å². The van der Waals surface area contributed by atoms with Gasteiger partial charge in [0.15, 0.2) is 0 Å². The third-order valence-corrected chi connectivity index (χ3v) is 2.82. The van der Waals surface area contributed by atoms with Crippen molar-refractivity contribution in [2.24, 2.45) is 0 Å². The van der Waals surface area contributed by atoms with Crippen molar-refractivity contribution < 1.29 is 0 Å². The number of imidazole rings is 1. The molecule has 0 unspecified atom stereocenters. The lowest BCUT2D eigenvalue weighted by atomic mass is 10.0. The molecule has 0 aliphatic heterocycles. The predicted molar refractivity (Wildman–Crippen MR) is 66.3 cm³/mol. The lowest BCUT2D eigenvalue weighted by molar-refractivity contribution is 1.34. The van der Waals surface area contributed by atoms with Gasteiger partial charge in [-0.15, -0.1) is 0 Å². The summed E-state index contributed by atoms with van der Waals surface area (Å²) in [5.74, 6) is 0. The fraction of sp³-hybridized carbons (Fsp3) is 0.0714. The SMILES string of the molecule is Cc1cc(-c2ccccc2)cc2[nH]cnc12. The molecule has 1 N–H and O–H groups in total. The van der Waals surface area contributed by atoms with E-state index in [0.29, 0.717) is 0 Å². The number of nitrogens with one attached hydrogen (secondary N) is 1. The van der Waals surface area contributed by atoms with Crippen molar-refractivity contribution in [2.45, 2.75) is 6.92 Å². The second kappa shape index (κ2) is 3.49. The van der Waals surface area contributed by atoms with Crippen LogP contribution in [0, 0.1) is 6.92 Å². The first kappa shape index (κ1) is 9.16. The van der Waals surface area contributed by atoms with Crippen molar-refractivity contribution in [3.63, 3.8) is 0 Å². The minimum absolute atomic E-state index is 1.06. The molecule has 0 radical (unpaired) electrons. The highest BCUT2D eigenvalue weighted by atomic mass is 14.9. The van der Waals surface area contributed by atoms with E-state index >= 15 is 0 Å². The number of nitrogens with zero attached hydrogens (tertiary/aromatic N) is 1. The second-order valence-corrected chi connectivity index (χ2v) is 3.96. The zero-order valence-corrected chi connectivity index (χ0v) is 9.07. The quantitative estimate of drug-likeness (QED) is 0.651. The van der Waals surface area contributed by atoms with Crippen LogP contribution in [-0.4, -0.2) is 9.97 Å². The maximum Gasteiger partial charge on any atom is 0.0931 e. The Labute approximate surface area is 94.0 Å². The second-order valence-electron chi connectivity index (χ2n) is 3.96. The highest BCUT2D eigenvalue weighted by Crippen LogP contribution is 2.25. The summed E-state index contributed by atoms with van der Waals surface area (Å²) in [4.78, 5) is 7.46. The van der Waals surface area contributed by atoms with Gasteiger partial charge >= 0.3 is 0 Å². The van der Waals surface area contributed by atoms with Crippen LogP contribution in [0.15, 0.2) is 48.8 Å². The number of aromatic nitrogens is 2. The number of hydrogen-bond donors (Lipinski definition) is 1. The molecule has 2 aromatic carbocycles. The van der Waals surface area contributed by atoms with Crippen molar-refractivity contribution in [3.8, 4) is 11.1 Å². The standard InChI is InChI=1S/C14H12N2/c1-10-7-12(11-5-3-2-4-6-11)8-13-14(10)16-9-15-13/h2-9H,1H3,(H,15,16). The molecule has 0 bridgehead atoms. The fourth-order valence-electron chi connectivity index (χ4n) is 2.02. The molecule has 2 heteroatoms. The monoisotopic (exact) mass is 208 g/mol. The minimum atomic E-state index is 1.06. The van der Waals surface area contributed by atoms with Crippen LogP contribution in [0.4, 0.5) is 0 Å². The van der Waals surface area contributed by atoms with Crippen LogP contribution in [0.5, 0.6) is 0 Å². The van der Waals surface area contributed by atoms with Gasteiger partial charge in [0.1, 0.15) is 0 Å². The van der Waals surface area contributed by atoms with Gasteiger partial charge in [-0.05, 0) is 35.7 Å². The van der Waals surface area contributed by atoms with Crippen molar-refractivity contribution in [2.75, 3.05) is 0 Å². The molecule has 1 heterocycles. The van der Waals surface area contributed by atoms with Gasteiger partial charge in [-0.25, -0.2) is 4.98 Å². The van der Waals surface area contributed by atoms with Gasteiger partial charge in [-0.2, -0.15) is 0 Å². The molecule has 16 heavy (non-hydrogen) atoms. The Kier molecular flexibility index (Phi) is 2.00. The molecule has 3 aromatic rings. The number of fused-ring (bicyclic) bond motifs is 1. The molecular formula is C14H12N2. The van der Waals surface area contributed by atoms with Crippen molar-refractivity contribution >= 4 is 11.0 Å². The van der Waals surface area contributed by atoms with E-state index in [4.69, 9.17) is 0 Å². The van der Waals surface area contributed by atoms with E-state index in [1.807, 2.05) is 6.07 Å². The molecule has 0 aliphatic rings. The summed E-state index contributed by atoms with van der Waals surface area (Å²) < 4.78 is 0. The van der Waals surface area contributed by atoms with E-state index in [-0.39, 0.29) is 0 Å². The topological polar surface area (TPSA) is 28.7 Å². The zero-order chi connectivity index (χ0) is 11.0. The first-order chi connectivity index (χ1) is 7.84. The summed E-state index contributed by atoms with van der Waals surface area (Å²) in [5, 5.41) is 0. The van der Waals surface area contributed by atoms with E-state index in [0.717, 1.165) is 11.0 Å². The maximum atomic E-state index is 4.30. The summed E-state index contributed by atoms with van der Waals surface area (Å²) in [7, 11) is 0. The predicted octanol–water partition coefficient (Wildman–Crippen LogP) is 3.54. The van der Waals surface area contributed by atoms with Crippen molar-refractivity contribution in [1.82, 2.24) is 9.97 Å². The molecule has 0 fully saturated rings. The van der Waals surface area contributed by atoms with E-state index in [1.165, 1.54) is 16.7 Å². The molecule has 0 amide bonds. The van der Waals surface area contributed by atoms with Crippen LogP contribution in [0.2, 0.25) is 0 Å². The molecule has 2 nitrogen and oxygen atoms in total. The van der Waals surface area contributed by atoms with Crippen LogP contribution < -0.4 is 0 Å². The van der Waals surface area contributed by atoms with Crippen molar-refractivity contribution in [3.05, 3.63) is 54.4 Å². The van der Waals surface area contributed by atoms with E-state index < -0.39 is 0 Å². The number of hydrogen-bond acceptors (Lipinski definition) is 1. The zero-order valence-electron chi connectivity index (χ0n) is 9.07. The highest BCUT2D eigenvalue weighted by Gasteiger charge is 2.04. The van der Waals surface area contributed by atoms with Gasteiger partial charge in [-0.1, -0.05) is 30.3 Å². The highest BCUT2D eigenvalue weighted by molar-refractivity contribution is 5.84. The Balaban J connectivity index is 2.25. The van der Waals surface area contributed by atoms with Crippen LogP contribution >= 0.6 is 0 Å². The van der Waals surface area contributed by atoms with Crippen LogP contribution in [0.1, 0.15) is 5.56 Å². The summed E-state index contributed by atoms with van der Waals surface area (Å²) in [5.41, 5.74) is 5.83. The number of aryl methyl sites for hydroxylation is 1. The molecule has 0 spiro atoms. The van der Waals surface area contributed by atoms with Crippen LogP contribution in [0.3, 0.4) is 0 Å². The van der Waals surface area contributed by atoms with Gasteiger partial charge in [0.2, 0.25) is 0 Å². The van der Waals surface area contributed by atoms with Gasteiger partial charge in [-0.3, -0.25) is 0 Å². The molecule has 0 aliphatic carbocycles. The molecule has 0 saturated carbocycles. The normalized spacial score (nSPS) is 10.8. The Morgan fingerprint density at radius 3 is 2.62 bits per heavy atom. The summed E-state index contributed by atoms with van der Waals surface area (Å²) in [6, 6.07) is 14.7. The molecule has 1 aromatic heterocycles. The van der Waals surface area contributed by atoms with Gasteiger partial charge < -0.3 is 4.98 Å². The first-order valence-electron chi connectivity index (χ1n) is 5.34. The average Bonchev–Trinajstić information content (AvgIpc) is 2.79. The first-order valence-corrected chi connectivity index (χ1v) is 5.34. The molecule has 0 saturated heterocycles. The third kappa shape index (κ3) is 1.39. The van der Waals surface area contributed by atoms with Crippen LogP contribution in [-0.2, 0) is 0 Å². The molecular weight excluding hydrogens is 196 g/mol. The molecule has 3 rings (SSSR count). The lowest BCUT2D eigenvalue weighted by Gasteiger charge is -2.03. The van der Waals surface area contributed by atoms with E-state index in [9.17, 15) is 0 Å². The Morgan fingerprint density at radius 2 is 1.81 bits per heavy atom. The number of benzene rings is 2. The van der Waals surface area contributed by atoms with E-state index in [1.54, 1.807) is 6.33 Å². The number of aromatic amines is 1. The summed E-state index contributed by atoms with van der Waals surface area (Å²) in [6.07, 6.45) is 1.74. The Hall–Kier alpha value is -2.09. The molecule has 0 atom stereocenters. The average molecular weight is 208 g/mol. The summed E-state index contributed by atoms with van der Waals surface area (Å²) in [6.45, 7) is 2.09. The van der Waals surface area contributed by atoms with Gasteiger partial charge in [0, 0.05) is 0 Å². The van der Waals surface area contributed by atoms with E-state index in [2.05, 4.69) is 53.3 Å².